The van der Waals surface area contributed by atoms with E-state index < -0.39 is 16.1 Å². The highest BCUT2D eigenvalue weighted by Gasteiger charge is 2.37. The van der Waals surface area contributed by atoms with Crippen LogP contribution < -0.4 is 9.04 Å². The number of nitrogens with zero attached hydrogens (tertiary/aromatic N) is 1. The lowest BCUT2D eigenvalue weighted by molar-refractivity contribution is 0.148. The second-order valence-corrected chi connectivity index (χ2v) is 7.13. The molecule has 0 saturated carbocycles. The zero-order chi connectivity index (χ0) is 15.9. The highest BCUT2D eigenvalue weighted by atomic mass is 32.2. The number of hydrogen-bond acceptors (Lipinski definition) is 4. The van der Waals surface area contributed by atoms with Crippen LogP contribution >= 0.6 is 0 Å². The number of benzene rings is 2. The standard InChI is InChI=1S/C17H15NO4S/c19-23(20)17-10-4-3-9-16(17)22-15-8-2-1-7-14(15)18(23)13-6-5-11-21-12-13/h1-10,13H,11-12H2. The molecule has 0 bridgehead atoms. The van der Waals surface area contributed by atoms with Crippen LogP contribution in [0.4, 0.5) is 5.69 Å². The third kappa shape index (κ3) is 2.31. The number of anilines is 1. The van der Waals surface area contributed by atoms with Gasteiger partial charge in [0, 0.05) is 0 Å². The van der Waals surface area contributed by atoms with Crippen LogP contribution in [0.2, 0.25) is 0 Å². The van der Waals surface area contributed by atoms with E-state index in [1.807, 2.05) is 18.2 Å². The number of rotatable bonds is 1. The van der Waals surface area contributed by atoms with Crippen LogP contribution in [0, 0.1) is 0 Å². The minimum Gasteiger partial charge on any atom is -0.454 e. The molecule has 0 amide bonds. The topological polar surface area (TPSA) is 55.8 Å². The summed E-state index contributed by atoms with van der Waals surface area (Å²) in [5, 5.41) is 0. The van der Waals surface area contributed by atoms with Crippen molar-refractivity contribution in [2.45, 2.75) is 10.9 Å². The lowest BCUT2D eigenvalue weighted by Crippen LogP contribution is -2.42. The van der Waals surface area contributed by atoms with Crippen LogP contribution in [0.1, 0.15) is 0 Å². The zero-order valence-electron chi connectivity index (χ0n) is 12.3. The second-order valence-electron chi connectivity index (χ2n) is 5.35. The van der Waals surface area contributed by atoms with Crippen LogP contribution in [-0.2, 0) is 14.8 Å². The van der Waals surface area contributed by atoms with Gasteiger partial charge >= 0.3 is 0 Å². The number of para-hydroxylation sites is 3. The van der Waals surface area contributed by atoms with E-state index >= 15 is 0 Å². The van der Waals surface area contributed by atoms with Crippen LogP contribution in [0.15, 0.2) is 65.6 Å². The van der Waals surface area contributed by atoms with Crippen molar-refractivity contribution in [1.82, 2.24) is 0 Å². The molecule has 0 aliphatic carbocycles. The summed E-state index contributed by atoms with van der Waals surface area (Å²) in [5.41, 5.74) is 0.517. The van der Waals surface area contributed by atoms with Gasteiger partial charge in [0.15, 0.2) is 5.75 Å². The zero-order valence-corrected chi connectivity index (χ0v) is 13.1. The fourth-order valence-corrected chi connectivity index (χ4v) is 4.58. The molecular formula is C17H15NO4S. The third-order valence-electron chi connectivity index (χ3n) is 3.87. The predicted molar refractivity (Wildman–Crippen MR) is 86.4 cm³/mol. The summed E-state index contributed by atoms with van der Waals surface area (Å²) in [5.74, 6) is 0.850. The quantitative estimate of drug-likeness (QED) is 0.755. The van der Waals surface area contributed by atoms with Gasteiger partial charge in [-0.05, 0) is 24.3 Å². The molecule has 0 spiro atoms. The highest BCUT2D eigenvalue weighted by molar-refractivity contribution is 7.93. The highest BCUT2D eigenvalue weighted by Crippen LogP contribution is 2.43. The predicted octanol–water partition coefficient (Wildman–Crippen LogP) is 2.94. The number of hydrogen-bond donors (Lipinski definition) is 0. The van der Waals surface area contributed by atoms with E-state index in [1.54, 1.807) is 42.5 Å². The first-order chi connectivity index (χ1) is 11.2. The molecule has 2 aliphatic heterocycles. The molecule has 5 nitrogen and oxygen atoms in total. The number of sulfonamides is 1. The molecule has 2 aromatic rings. The SMILES string of the molecule is O=S1(=O)c2ccccc2Oc2ccccc2N1C1C=CCOC1. The Bertz CT molecular complexity index is 876. The van der Waals surface area contributed by atoms with Gasteiger partial charge in [0.25, 0.3) is 10.0 Å². The molecule has 4 rings (SSSR count). The molecule has 0 radical (unpaired) electrons. The Kier molecular flexibility index (Phi) is 3.36. The Morgan fingerprint density at radius 3 is 2.52 bits per heavy atom. The Balaban J connectivity index is 1.98. The van der Waals surface area contributed by atoms with Gasteiger partial charge in [0.1, 0.15) is 10.6 Å². The molecule has 1 atom stereocenters. The maximum atomic E-state index is 13.2. The van der Waals surface area contributed by atoms with Gasteiger partial charge in [-0.2, -0.15) is 0 Å². The van der Waals surface area contributed by atoms with Gasteiger partial charge in [0.05, 0.1) is 24.9 Å². The van der Waals surface area contributed by atoms with Gasteiger partial charge in [-0.15, -0.1) is 0 Å². The molecule has 1 unspecified atom stereocenters. The molecule has 23 heavy (non-hydrogen) atoms. The lowest BCUT2D eigenvalue weighted by Gasteiger charge is -2.31. The van der Waals surface area contributed by atoms with Gasteiger partial charge in [-0.25, -0.2) is 8.42 Å². The fourth-order valence-electron chi connectivity index (χ4n) is 2.85. The summed E-state index contributed by atoms with van der Waals surface area (Å²) in [6.07, 6.45) is 3.70. The van der Waals surface area contributed by atoms with Crippen molar-refractivity contribution in [3.63, 3.8) is 0 Å². The third-order valence-corrected chi connectivity index (χ3v) is 5.75. The molecule has 2 aromatic carbocycles. The summed E-state index contributed by atoms with van der Waals surface area (Å²) in [4.78, 5) is 0.162. The molecule has 0 N–H and O–H groups in total. The van der Waals surface area contributed by atoms with Crippen LogP contribution in [0.5, 0.6) is 11.5 Å². The van der Waals surface area contributed by atoms with Crippen LogP contribution in [0.25, 0.3) is 0 Å². The van der Waals surface area contributed by atoms with Gasteiger partial charge in [-0.1, -0.05) is 36.4 Å². The second kappa shape index (κ2) is 5.40. The van der Waals surface area contributed by atoms with E-state index in [1.165, 1.54) is 4.31 Å². The minimum atomic E-state index is -3.76. The summed E-state index contributed by atoms with van der Waals surface area (Å²) in [6.45, 7) is 0.811. The van der Waals surface area contributed by atoms with E-state index in [2.05, 4.69) is 0 Å². The number of fused-ring (bicyclic) bond motifs is 2. The largest absolute Gasteiger partial charge is 0.454 e. The maximum Gasteiger partial charge on any atom is 0.268 e. The average molecular weight is 329 g/mol. The van der Waals surface area contributed by atoms with Crippen LogP contribution in [0.3, 0.4) is 0 Å². The molecule has 6 heteroatoms. The summed E-state index contributed by atoms with van der Waals surface area (Å²) < 4.78 is 39.2. The average Bonchev–Trinajstić information content (AvgIpc) is 2.67. The first kappa shape index (κ1) is 14.3. The van der Waals surface area contributed by atoms with E-state index in [4.69, 9.17) is 9.47 Å². The molecule has 2 aliphatic rings. The smallest absolute Gasteiger partial charge is 0.268 e. The van der Waals surface area contributed by atoms with Crippen molar-refractivity contribution in [1.29, 1.82) is 0 Å². The van der Waals surface area contributed by atoms with Crippen molar-refractivity contribution in [3.8, 4) is 11.5 Å². The van der Waals surface area contributed by atoms with Crippen molar-refractivity contribution < 1.29 is 17.9 Å². The Labute approximate surface area is 134 Å². The number of ether oxygens (including phenoxy) is 2. The fraction of sp³-hybridized carbons (Fsp3) is 0.176. The maximum absolute atomic E-state index is 13.2. The first-order valence-corrected chi connectivity index (χ1v) is 8.77. The molecule has 118 valence electrons. The van der Waals surface area contributed by atoms with E-state index in [0.717, 1.165) is 0 Å². The Morgan fingerprint density at radius 2 is 1.74 bits per heavy atom. The van der Waals surface area contributed by atoms with E-state index in [0.29, 0.717) is 30.4 Å². The van der Waals surface area contributed by atoms with Crippen LogP contribution in [-0.4, -0.2) is 27.7 Å². The monoisotopic (exact) mass is 329 g/mol. The molecule has 0 saturated heterocycles. The molecule has 0 aromatic heterocycles. The van der Waals surface area contributed by atoms with Gasteiger partial charge < -0.3 is 9.47 Å². The lowest BCUT2D eigenvalue weighted by atomic mass is 10.2. The van der Waals surface area contributed by atoms with E-state index in [-0.39, 0.29) is 4.90 Å². The summed E-state index contributed by atoms with van der Waals surface area (Å²) >= 11 is 0. The Hall–Kier alpha value is -2.31. The van der Waals surface area contributed by atoms with Gasteiger partial charge in [-0.3, -0.25) is 4.31 Å². The van der Waals surface area contributed by atoms with Crippen molar-refractivity contribution in [3.05, 3.63) is 60.7 Å². The summed E-state index contributed by atoms with van der Waals surface area (Å²) in [7, 11) is -3.76. The Morgan fingerprint density at radius 1 is 1.00 bits per heavy atom. The molecule has 0 fully saturated rings. The summed E-state index contributed by atoms with van der Waals surface area (Å²) in [6, 6.07) is 13.4. The van der Waals surface area contributed by atoms with Gasteiger partial charge in [0.2, 0.25) is 0 Å². The molecular weight excluding hydrogens is 314 g/mol. The van der Waals surface area contributed by atoms with Crippen molar-refractivity contribution in [2.24, 2.45) is 0 Å². The molecule has 2 heterocycles. The minimum absolute atomic E-state index is 0.162. The first-order valence-electron chi connectivity index (χ1n) is 7.33. The van der Waals surface area contributed by atoms with Crippen molar-refractivity contribution in [2.75, 3.05) is 17.5 Å². The van der Waals surface area contributed by atoms with Crippen molar-refractivity contribution >= 4 is 15.7 Å². The normalized spacial score (nSPS) is 21.7. The van der Waals surface area contributed by atoms with E-state index in [9.17, 15) is 8.42 Å².